The monoisotopic (exact) mass is 1440 g/mol. The van der Waals surface area contributed by atoms with Crippen LogP contribution in [0.4, 0.5) is 14.4 Å². The molecule has 16 rings (SSSR count). The molecule has 6 aromatic carbocycles. The Morgan fingerprint density at radius 2 is 0.760 bits per heavy atom. The molecule has 4 aliphatic carbocycles. The van der Waals surface area contributed by atoms with Crippen molar-refractivity contribution in [3.05, 3.63) is 191 Å². The number of carboxylic acid groups (broad SMARTS) is 1. The number of alkyl carbamates (subject to hydrolysis) is 1. The van der Waals surface area contributed by atoms with E-state index < -0.39 is 35.0 Å². The van der Waals surface area contributed by atoms with Crippen molar-refractivity contribution in [2.24, 2.45) is 23.2 Å². The van der Waals surface area contributed by atoms with E-state index in [-0.39, 0.29) is 59.9 Å². The summed E-state index contributed by atoms with van der Waals surface area (Å²) in [5, 5.41) is 12.0. The van der Waals surface area contributed by atoms with E-state index in [0.29, 0.717) is 38.7 Å². The molecule has 4 saturated carbocycles. The van der Waals surface area contributed by atoms with Crippen LogP contribution in [-0.4, -0.2) is 111 Å². The van der Waals surface area contributed by atoms with Crippen molar-refractivity contribution in [1.82, 2.24) is 15.1 Å². The molecule has 2 N–H and O–H groups in total. The molecule has 6 heterocycles. The Balaban J connectivity index is 0.000000136. The summed E-state index contributed by atoms with van der Waals surface area (Å²) in [7, 11) is 0. The van der Waals surface area contributed by atoms with Crippen LogP contribution in [0.15, 0.2) is 91.0 Å². The number of nitrogens with one attached hydrogen (secondary N) is 1. The topological polar surface area (TPSA) is 214 Å². The average Bonchev–Trinajstić information content (AvgIpc) is 1.06. The lowest BCUT2D eigenvalue weighted by Gasteiger charge is -2.55. The van der Waals surface area contributed by atoms with Crippen LogP contribution in [0, 0.1) is 106 Å². The third-order valence-corrected chi connectivity index (χ3v) is 25.1. The molecule has 0 spiro atoms. The third kappa shape index (κ3) is 15.5. The third-order valence-electron chi connectivity index (χ3n) is 24.7. The number of halogens is 1. The molecule has 0 aromatic heterocycles. The van der Waals surface area contributed by atoms with E-state index >= 15 is 0 Å². The Kier molecular flexibility index (Phi) is 22.6. The van der Waals surface area contributed by atoms with Gasteiger partial charge in [0.15, 0.2) is 11.2 Å². The van der Waals surface area contributed by atoms with E-state index in [0.717, 1.165) is 108 Å². The van der Waals surface area contributed by atoms with Gasteiger partial charge in [0, 0.05) is 24.7 Å². The molecule has 0 radical (unpaired) electrons. The molecule has 6 aliphatic heterocycles. The number of amides is 5. The number of benzene rings is 6. The smallest absolute Gasteiger partial charge is 0.417 e. The minimum absolute atomic E-state index is 0.0356. The maximum absolute atomic E-state index is 13.6. The first kappa shape index (κ1) is 76.4. The number of carbonyl (C=O) groups excluding carboxylic acids is 6. The minimum atomic E-state index is -1.09. The summed E-state index contributed by atoms with van der Waals surface area (Å²) in [6.07, 6.45) is 11.8. The number of carboxylic acids is 1. The molecule has 4 bridgehead atoms. The Morgan fingerprint density at radius 1 is 0.442 bits per heavy atom. The van der Waals surface area contributed by atoms with Gasteiger partial charge in [-0.25, -0.2) is 29.0 Å². The normalized spacial score (nSPS) is 26.3. The summed E-state index contributed by atoms with van der Waals surface area (Å²) in [5.41, 5.74) is 17.8. The highest BCUT2D eigenvalue weighted by Crippen LogP contribution is 2.61. The van der Waals surface area contributed by atoms with Crippen LogP contribution in [0.5, 0.6) is 17.2 Å². The number of carbonyl (C=O) groups is 7. The van der Waals surface area contributed by atoms with Crippen molar-refractivity contribution in [2.45, 2.75) is 235 Å². The van der Waals surface area contributed by atoms with Gasteiger partial charge >= 0.3 is 24.2 Å². The highest BCUT2D eigenvalue weighted by molar-refractivity contribution is 6.64. The van der Waals surface area contributed by atoms with E-state index in [1.165, 1.54) is 101 Å². The van der Waals surface area contributed by atoms with Gasteiger partial charge in [-0.05, 0) is 310 Å². The zero-order valence-corrected chi connectivity index (χ0v) is 64.1. The van der Waals surface area contributed by atoms with Gasteiger partial charge in [-0.2, -0.15) is 0 Å². The fourth-order valence-electron chi connectivity index (χ4n) is 17.5. The molecular formula is C86H104ClN3O14. The minimum Gasteiger partial charge on any atom is -0.478 e. The Hall–Kier alpha value is -8.70. The van der Waals surface area contributed by atoms with Gasteiger partial charge in [0.25, 0.3) is 11.8 Å². The first-order chi connectivity index (χ1) is 49.2. The van der Waals surface area contributed by atoms with Gasteiger partial charge in [0.1, 0.15) is 37.1 Å². The molecule has 10 aliphatic rings. The fourth-order valence-corrected chi connectivity index (χ4v) is 17.8. The lowest BCUT2D eigenvalue weighted by atomic mass is 9.50. The van der Waals surface area contributed by atoms with Gasteiger partial charge in [-0.3, -0.25) is 14.4 Å². The largest absolute Gasteiger partial charge is 0.478 e. The van der Waals surface area contributed by atoms with Crippen molar-refractivity contribution < 1.29 is 67.1 Å². The molecule has 6 atom stereocenters. The number of aliphatic carboxylic acids is 1. The molecule has 18 heteroatoms. The standard InChI is InChI=1S/2C25H29NO4.C15H20O3.C11H15ClO.C10H11NO2/c2*1-15-16(2)18(4)22-21(17(15)3)11-12-25(5,30-22)23(27)26-20(14-29-24(26)28)13-19-9-7-6-8-10-19;1-8-9(2)11(4)13-12(10(8)3)6-7-15(5,18-13)14(16)17;12-10(13)11-4-7-1-8(5-11)3-9(2-7)6-11;12-10-11-9(7-13-10)6-8-4-2-1-3-5-8/h2*6-10,20H,11-14H2,1-5H3;6-7H2,1-5H3,(H,16,17);7-9H,1-6H2;1-5,9H,6-7H2,(H,11,12)/t20-,25+;20-,25-;;;9-/m00..0/s1. The molecule has 554 valence electrons. The first-order valence-corrected chi connectivity index (χ1v) is 37.5. The Bertz CT molecular complexity index is 4110. The fraction of sp³-hybridized carbons (Fsp3) is 0.500. The average molecular weight is 1440 g/mol. The van der Waals surface area contributed by atoms with Gasteiger partial charge < -0.3 is 38.8 Å². The first-order valence-electron chi connectivity index (χ1n) is 37.1. The zero-order valence-electron chi connectivity index (χ0n) is 63.4. The number of fused-ring (bicyclic) bond motifs is 3. The molecular weight excluding hydrogens is 1330 g/mol. The predicted octanol–water partition coefficient (Wildman–Crippen LogP) is 16.6. The highest BCUT2D eigenvalue weighted by atomic mass is 35.5. The van der Waals surface area contributed by atoms with Crippen LogP contribution in [0.3, 0.4) is 0 Å². The molecule has 7 fully saturated rings. The number of imide groups is 2. The number of rotatable bonds is 10. The highest BCUT2D eigenvalue weighted by Gasteiger charge is 2.55. The van der Waals surface area contributed by atoms with Crippen LogP contribution < -0.4 is 19.5 Å². The summed E-state index contributed by atoms with van der Waals surface area (Å²) in [5.74, 6) is 3.35. The number of hydrogen-bond acceptors (Lipinski definition) is 13. The van der Waals surface area contributed by atoms with Crippen LogP contribution in [0.1, 0.15) is 179 Å². The predicted molar refractivity (Wildman–Crippen MR) is 400 cm³/mol. The van der Waals surface area contributed by atoms with Gasteiger partial charge in [-0.15, -0.1) is 0 Å². The molecule has 1 unspecified atom stereocenters. The SMILES string of the molecule is Cc1c(C)c(C)c2c(c1C)CCC(C)(C(=O)O)O2.Cc1c(C)c(C)c2c(c1C)CC[C@@](C)(C(=O)N1C(=O)OC[C@@H]1Cc1ccccc1)O2.Cc1c(C)c(C)c2c(c1C)CC[C@](C)(C(=O)N1C(=O)OC[C@@H]1Cc1ccccc1)O2.O=C(Cl)C12CC3CC(CC(C3)C1)C2.O=C1N[C@@H](Cc2ccccc2)CO1. The van der Waals surface area contributed by atoms with Crippen LogP contribution in [-0.2, 0) is 71.9 Å². The second-order valence-corrected chi connectivity index (χ2v) is 31.9. The molecule has 3 saturated heterocycles. The molecule has 104 heavy (non-hydrogen) atoms. The van der Waals surface area contributed by atoms with Crippen LogP contribution in [0.25, 0.3) is 0 Å². The van der Waals surface area contributed by atoms with Crippen molar-refractivity contribution in [3.8, 4) is 17.2 Å². The van der Waals surface area contributed by atoms with E-state index in [2.05, 4.69) is 67.6 Å². The van der Waals surface area contributed by atoms with Gasteiger partial charge in [0.05, 0.1) is 18.1 Å². The lowest BCUT2D eigenvalue weighted by molar-refractivity contribution is -0.155. The molecule has 5 amide bonds. The van der Waals surface area contributed by atoms with Crippen molar-refractivity contribution in [2.75, 3.05) is 19.8 Å². The van der Waals surface area contributed by atoms with Crippen LogP contribution >= 0.6 is 11.6 Å². The quantitative estimate of drug-likeness (QED) is 0.0965. The van der Waals surface area contributed by atoms with E-state index in [9.17, 15) is 38.7 Å². The summed E-state index contributed by atoms with van der Waals surface area (Å²) in [6.45, 7) is 31.2. The molecule has 6 aromatic rings. The maximum atomic E-state index is 13.6. The second kappa shape index (κ2) is 30.8. The number of cyclic esters (lactones) is 3. The summed E-state index contributed by atoms with van der Waals surface area (Å²) >= 11 is 5.76. The summed E-state index contributed by atoms with van der Waals surface area (Å²) in [4.78, 5) is 88.2. The maximum Gasteiger partial charge on any atom is 0.417 e. The van der Waals surface area contributed by atoms with Crippen molar-refractivity contribution in [3.63, 3.8) is 0 Å². The molecule has 17 nitrogen and oxygen atoms in total. The zero-order chi connectivity index (χ0) is 75.1. The summed E-state index contributed by atoms with van der Waals surface area (Å²) < 4.78 is 33.9. The van der Waals surface area contributed by atoms with E-state index in [1.807, 2.05) is 112 Å². The van der Waals surface area contributed by atoms with Crippen molar-refractivity contribution >= 4 is 52.9 Å². The van der Waals surface area contributed by atoms with Gasteiger partial charge in [-0.1, -0.05) is 91.0 Å². The number of ether oxygens (including phenoxy) is 6. The number of nitrogens with zero attached hydrogens (tertiary/aromatic N) is 2. The van der Waals surface area contributed by atoms with Crippen molar-refractivity contribution in [1.29, 1.82) is 0 Å². The van der Waals surface area contributed by atoms with Crippen LogP contribution in [0.2, 0.25) is 0 Å². The second-order valence-electron chi connectivity index (χ2n) is 31.5. The Morgan fingerprint density at radius 3 is 1.08 bits per heavy atom. The Labute approximate surface area is 618 Å². The summed E-state index contributed by atoms with van der Waals surface area (Å²) in [6, 6.07) is 29.3. The van der Waals surface area contributed by atoms with E-state index in [4.69, 9.17) is 40.0 Å². The number of hydrogen-bond donors (Lipinski definition) is 2. The van der Waals surface area contributed by atoms with E-state index in [1.54, 1.807) is 20.8 Å². The van der Waals surface area contributed by atoms with Gasteiger partial charge in [0.2, 0.25) is 10.8 Å². The lowest BCUT2D eigenvalue weighted by Crippen LogP contribution is -2.55.